The first-order valence-electron chi connectivity index (χ1n) is 10.4. The predicted octanol–water partition coefficient (Wildman–Crippen LogP) is 0.595. The summed E-state index contributed by atoms with van der Waals surface area (Å²) in [6.45, 7) is 3.52. The molecule has 30 heavy (non-hydrogen) atoms. The van der Waals surface area contributed by atoms with Gasteiger partial charge in [-0.05, 0) is 30.5 Å². The molecule has 3 aliphatic heterocycles. The highest BCUT2D eigenvalue weighted by Crippen LogP contribution is 2.37. The average Bonchev–Trinajstić information content (AvgIpc) is 2.80. The monoisotopic (exact) mass is 441 g/mol. The number of carbonyl (C=O) groups is 1. The van der Waals surface area contributed by atoms with E-state index in [0.29, 0.717) is 71.0 Å². The van der Waals surface area contributed by atoms with E-state index in [9.17, 15) is 17.6 Å². The molecule has 166 valence electrons. The van der Waals surface area contributed by atoms with Crippen LogP contribution in [-0.2, 0) is 29.9 Å². The van der Waals surface area contributed by atoms with E-state index < -0.39 is 15.6 Å². The number of rotatable bonds is 4. The molecule has 1 aromatic carbocycles. The smallest absolute Gasteiger partial charge is 0.282 e. The fourth-order valence-corrected chi connectivity index (χ4v) is 6.06. The van der Waals surface area contributed by atoms with Gasteiger partial charge in [0.1, 0.15) is 5.82 Å². The van der Waals surface area contributed by atoms with Crippen LogP contribution >= 0.6 is 0 Å². The van der Waals surface area contributed by atoms with Gasteiger partial charge in [0.25, 0.3) is 10.2 Å². The molecule has 3 fully saturated rings. The first-order valence-corrected chi connectivity index (χ1v) is 11.8. The average molecular weight is 442 g/mol. The van der Waals surface area contributed by atoms with E-state index >= 15 is 0 Å². The van der Waals surface area contributed by atoms with Gasteiger partial charge in [0, 0.05) is 52.5 Å². The van der Waals surface area contributed by atoms with E-state index in [1.807, 2.05) is 0 Å². The highest BCUT2D eigenvalue weighted by atomic mass is 32.2. The second kappa shape index (κ2) is 8.88. The van der Waals surface area contributed by atoms with E-state index in [1.54, 1.807) is 17.0 Å². The van der Waals surface area contributed by atoms with E-state index in [2.05, 4.69) is 0 Å². The molecule has 0 saturated carbocycles. The number of amides is 1. The van der Waals surface area contributed by atoms with Crippen LogP contribution in [0.1, 0.15) is 18.4 Å². The SMILES string of the molecule is O=C(N1CCN(S(=O)(=O)N2CCOCC2)CC1)C1(c2cccc(F)c2)CCOCC1. The predicted molar refractivity (Wildman–Crippen MR) is 108 cm³/mol. The van der Waals surface area contributed by atoms with Crippen molar-refractivity contribution < 1.29 is 27.1 Å². The van der Waals surface area contributed by atoms with Crippen LogP contribution in [0.2, 0.25) is 0 Å². The van der Waals surface area contributed by atoms with Gasteiger partial charge in [-0.2, -0.15) is 17.0 Å². The van der Waals surface area contributed by atoms with Gasteiger partial charge in [-0.15, -0.1) is 0 Å². The topological polar surface area (TPSA) is 79.4 Å². The van der Waals surface area contributed by atoms with E-state index in [4.69, 9.17) is 9.47 Å². The number of nitrogens with zero attached hydrogens (tertiary/aromatic N) is 3. The molecule has 1 amide bonds. The molecule has 0 spiro atoms. The minimum absolute atomic E-state index is 0.0696. The fraction of sp³-hybridized carbons (Fsp3) is 0.650. The van der Waals surface area contributed by atoms with Gasteiger partial charge in [0.15, 0.2) is 0 Å². The third-order valence-corrected chi connectivity index (χ3v) is 8.32. The summed E-state index contributed by atoms with van der Waals surface area (Å²) in [6.07, 6.45) is 0.975. The number of halogens is 1. The molecule has 0 N–H and O–H groups in total. The van der Waals surface area contributed by atoms with E-state index in [1.165, 1.54) is 20.7 Å². The molecular formula is C20H28FN3O5S. The zero-order chi connectivity index (χ0) is 21.2. The Labute approximate surface area is 176 Å². The Bertz CT molecular complexity index is 861. The molecule has 0 aromatic heterocycles. The summed E-state index contributed by atoms with van der Waals surface area (Å²) in [5.41, 5.74) is -0.162. The van der Waals surface area contributed by atoms with Gasteiger partial charge in [0.2, 0.25) is 5.91 Å². The zero-order valence-corrected chi connectivity index (χ0v) is 17.8. The maximum atomic E-state index is 13.9. The van der Waals surface area contributed by atoms with Crippen molar-refractivity contribution in [2.45, 2.75) is 18.3 Å². The van der Waals surface area contributed by atoms with Gasteiger partial charge in [0.05, 0.1) is 18.6 Å². The van der Waals surface area contributed by atoms with Gasteiger partial charge >= 0.3 is 0 Å². The number of piperazine rings is 1. The Morgan fingerprint density at radius 3 is 2.13 bits per heavy atom. The standard InChI is InChI=1S/C20H28FN3O5S/c21-18-3-1-2-17(16-18)20(4-12-28-13-5-20)19(25)22-6-8-23(9-7-22)30(26,27)24-10-14-29-15-11-24/h1-3,16H,4-15H2. The van der Waals surface area contributed by atoms with Crippen LogP contribution in [0, 0.1) is 5.82 Å². The normalized spacial score (nSPS) is 24.0. The third-order valence-electron chi connectivity index (χ3n) is 6.28. The first kappa shape index (κ1) is 21.6. The van der Waals surface area contributed by atoms with Gasteiger partial charge in [-0.1, -0.05) is 12.1 Å². The Morgan fingerprint density at radius 1 is 0.900 bits per heavy atom. The van der Waals surface area contributed by atoms with E-state index in [-0.39, 0.29) is 24.8 Å². The van der Waals surface area contributed by atoms with Crippen molar-refractivity contribution >= 4 is 16.1 Å². The Balaban J connectivity index is 1.48. The van der Waals surface area contributed by atoms with Crippen molar-refractivity contribution in [3.63, 3.8) is 0 Å². The highest BCUT2D eigenvalue weighted by molar-refractivity contribution is 7.86. The lowest BCUT2D eigenvalue weighted by atomic mass is 9.73. The summed E-state index contributed by atoms with van der Waals surface area (Å²) in [5.74, 6) is -0.438. The van der Waals surface area contributed by atoms with Crippen LogP contribution in [0.3, 0.4) is 0 Å². The highest BCUT2D eigenvalue weighted by Gasteiger charge is 2.45. The van der Waals surface area contributed by atoms with Crippen LogP contribution in [0.4, 0.5) is 4.39 Å². The van der Waals surface area contributed by atoms with Crippen molar-refractivity contribution in [3.8, 4) is 0 Å². The van der Waals surface area contributed by atoms with Crippen LogP contribution in [0.5, 0.6) is 0 Å². The van der Waals surface area contributed by atoms with E-state index in [0.717, 1.165) is 0 Å². The second-order valence-electron chi connectivity index (χ2n) is 7.92. The third kappa shape index (κ3) is 4.11. The lowest BCUT2D eigenvalue weighted by Gasteiger charge is -2.43. The van der Waals surface area contributed by atoms with Crippen LogP contribution in [-0.4, -0.2) is 93.5 Å². The maximum Gasteiger partial charge on any atom is 0.282 e. The van der Waals surface area contributed by atoms with Crippen molar-refractivity contribution in [1.82, 2.24) is 13.5 Å². The van der Waals surface area contributed by atoms with Crippen molar-refractivity contribution in [2.24, 2.45) is 0 Å². The number of ether oxygens (including phenoxy) is 2. The molecule has 3 heterocycles. The van der Waals surface area contributed by atoms with Crippen molar-refractivity contribution in [3.05, 3.63) is 35.6 Å². The van der Waals surface area contributed by atoms with Gasteiger partial charge in [-0.25, -0.2) is 4.39 Å². The molecule has 8 nitrogen and oxygen atoms in total. The Morgan fingerprint density at radius 2 is 1.50 bits per heavy atom. The number of morpholine rings is 1. The molecule has 4 rings (SSSR count). The summed E-state index contributed by atoms with van der Waals surface area (Å²) in [5, 5.41) is 0. The molecule has 10 heteroatoms. The zero-order valence-electron chi connectivity index (χ0n) is 17.0. The molecular weight excluding hydrogens is 413 g/mol. The number of carbonyl (C=O) groups excluding carboxylic acids is 1. The minimum Gasteiger partial charge on any atom is -0.381 e. The minimum atomic E-state index is -3.55. The first-order chi connectivity index (χ1) is 14.4. The Hall–Kier alpha value is -1.59. The molecule has 3 saturated heterocycles. The van der Waals surface area contributed by atoms with Crippen molar-refractivity contribution in [1.29, 1.82) is 0 Å². The summed E-state index contributed by atoms with van der Waals surface area (Å²) >= 11 is 0. The number of hydrogen-bond acceptors (Lipinski definition) is 5. The van der Waals surface area contributed by atoms with Crippen LogP contribution in [0.15, 0.2) is 24.3 Å². The number of hydrogen-bond donors (Lipinski definition) is 0. The lowest BCUT2D eigenvalue weighted by molar-refractivity contribution is -0.142. The molecule has 0 aliphatic carbocycles. The molecule has 0 radical (unpaired) electrons. The number of benzene rings is 1. The quantitative estimate of drug-likeness (QED) is 0.684. The summed E-state index contributed by atoms with van der Waals surface area (Å²) in [6, 6.07) is 6.23. The molecule has 0 atom stereocenters. The van der Waals surface area contributed by atoms with Crippen LogP contribution in [0.25, 0.3) is 0 Å². The lowest BCUT2D eigenvalue weighted by Crippen LogP contribution is -2.59. The molecule has 3 aliphatic rings. The second-order valence-corrected chi connectivity index (χ2v) is 9.84. The molecule has 0 unspecified atom stereocenters. The summed E-state index contributed by atoms with van der Waals surface area (Å²) < 4.78 is 53.3. The van der Waals surface area contributed by atoms with Crippen molar-refractivity contribution in [2.75, 3.05) is 65.7 Å². The fourth-order valence-electron chi connectivity index (χ4n) is 4.50. The maximum absolute atomic E-state index is 13.9. The Kier molecular flexibility index (Phi) is 6.40. The van der Waals surface area contributed by atoms with Gasteiger partial charge in [-0.3, -0.25) is 4.79 Å². The largest absolute Gasteiger partial charge is 0.381 e. The summed E-state index contributed by atoms with van der Waals surface area (Å²) in [4.78, 5) is 15.3. The van der Waals surface area contributed by atoms with Gasteiger partial charge < -0.3 is 14.4 Å². The molecule has 1 aromatic rings. The van der Waals surface area contributed by atoms with Crippen LogP contribution < -0.4 is 0 Å². The summed E-state index contributed by atoms with van der Waals surface area (Å²) in [7, 11) is -3.55. The molecule has 0 bridgehead atoms.